The Morgan fingerprint density at radius 3 is 2.41 bits per heavy atom. The number of hydrogen-bond donors (Lipinski definition) is 2. The van der Waals surface area contributed by atoms with Crippen LogP contribution < -0.4 is 5.32 Å². The van der Waals surface area contributed by atoms with Crippen molar-refractivity contribution in [3.05, 3.63) is 70.5 Å². The lowest BCUT2D eigenvalue weighted by molar-refractivity contribution is 0.0696. The van der Waals surface area contributed by atoms with Crippen molar-refractivity contribution < 1.29 is 19.4 Å². The van der Waals surface area contributed by atoms with Crippen LogP contribution >= 0.6 is 11.6 Å². The number of carbonyl (C=O) groups excluding carboxylic acids is 1. The van der Waals surface area contributed by atoms with E-state index in [1.54, 1.807) is 24.3 Å². The van der Waals surface area contributed by atoms with Crippen LogP contribution in [0.4, 0.5) is 5.69 Å². The highest BCUT2D eigenvalue weighted by molar-refractivity contribution is 6.30. The molecule has 0 fully saturated rings. The number of rotatable bonds is 6. The van der Waals surface area contributed by atoms with Gasteiger partial charge < -0.3 is 15.2 Å². The van der Waals surface area contributed by atoms with Crippen LogP contribution in [0.1, 0.15) is 26.5 Å². The Hall–Kier alpha value is -3.23. The van der Waals surface area contributed by atoms with Gasteiger partial charge in [0.25, 0.3) is 5.91 Å². The first-order valence-electron chi connectivity index (χ1n) is 7.83. The average molecular weight is 387 g/mol. The van der Waals surface area contributed by atoms with Crippen molar-refractivity contribution in [3.8, 4) is 5.69 Å². The maximum Gasteiger partial charge on any atom is 0.335 e. The normalized spacial score (nSPS) is 10.6. The van der Waals surface area contributed by atoms with Crippen LogP contribution in [0.25, 0.3) is 5.69 Å². The largest absolute Gasteiger partial charge is 0.478 e. The zero-order valence-corrected chi connectivity index (χ0v) is 15.0. The Balaban J connectivity index is 1.88. The molecule has 3 aromatic rings. The first-order chi connectivity index (χ1) is 13.0. The lowest BCUT2D eigenvalue weighted by atomic mass is 10.2. The molecule has 3 rings (SSSR count). The lowest BCUT2D eigenvalue weighted by Crippen LogP contribution is -2.16. The number of halogens is 1. The second-order valence-corrected chi connectivity index (χ2v) is 5.98. The van der Waals surface area contributed by atoms with Crippen molar-refractivity contribution in [2.75, 3.05) is 12.4 Å². The maximum absolute atomic E-state index is 12.6. The predicted octanol–water partition coefficient (Wildman–Crippen LogP) is 3.02. The van der Waals surface area contributed by atoms with Crippen LogP contribution in [0, 0.1) is 0 Å². The van der Waals surface area contributed by atoms with Gasteiger partial charge in [-0.05, 0) is 48.5 Å². The molecular weight excluding hydrogens is 372 g/mol. The summed E-state index contributed by atoms with van der Waals surface area (Å²) in [7, 11) is 1.51. The first kappa shape index (κ1) is 18.6. The van der Waals surface area contributed by atoms with Crippen LogP contribution in [-0.2, 0) is 11.3 Å². The van der Waals surface area contributed by atoms with Crippen LogP contribution in [-0.4, -0.2) is 39.1 Å². The van der Waals surface area contributed by atoms with E-state index in [2.05, 4.69) is 15.6 Å². The summed E-state index contributed by atoms with van der Waals surface area (Å²) < 4.78 is 6.69. The number of carboxylic acid groups (broad SMARTS) is 1. The van der Waals surface area contributed by atoms with Gasteiger partial charge in [0.05, 0.1) is 17.9 Å². The molecule has 8 nitrogen and oxygen atoms in total. The SMILES string of the molecule is COCc1c(C(=O)Nc2ccc(C(=O)O)cc2)nnn1-c1ccc(Cl)cc1. The maximum atomic E-state index is 12.6. The predicted molar refractivity (Wildman–Crippen MR) is 98.4 cm³/mol. The second kappa shape index (κ2) is 7.98. The van der Waals surface area contributed by atoms with E-state index in [-0.39, 0.29) is 17.9 Å². The highest BCUT2D eigenvalue weighted by Crippen LogP contribution is 2.18. The fourth-order valence-electron chi connectivity index (χ4n) is 2.42. The number of benzene rings is 2. The number of nitrogens with one attached hydrogen (secondary N) is 1. The van der Waals surface area contributed by atoms with Crippen molar-refractivity contribution >= 4 is 29.2 Å². The minimum absolute atomic E-state index is 0.106. The highest BCUT2D eigenvalue weighted by atomic mass is 35.5. The molecule has 138 valence electrons. The summed E-state index contributed by atoms with van der Waals surface area (Å²) in [5, 5.41) is 20.2. The third-order valence-electron chi connectivity index (χ3n) is 3.72. The minimum Gasteiger partial charge on any atom is -0.478 e. The number of carboxylic acids is 1. The van der Waals surface area contributed by atoms with E-state index in [0.29, 0.717) is 22.1 Å². The third kappa shape index (κ3) is 4.13. The zero-order chi connectivity index (χ0) is 19.4. The summed E-state index contributed by atoms with van der Waals surface area (Å²) in [4.78, 5) is 23.5. The van der Waals surface area contributed by atoms with E-state index in [1.165, 1.54) is 36.1 Å². The van der Waals surface area contributed by atoms with Crippen molar-refractivity contribution in [1.29, 1.82) is 0 Å². The van der Waals surface area contributed by atoms with Gasteiger partial charge in [-0.3, -0.25) is 4.79 Å². The van der Waals surface area contributed by atoms with E-state index in [0.717, 1.165) is 0 Å². The molecule has 1 aromatic heterocycles. The van der Waals surface area contributed by atoms with Gasteiger partial charge >= 0.3 is 5.97 Å². The molecule has 0 atom stereocenters. The summed E-state index contributed by atoms with van der Waals surface area (Å²) in [5.74, 6) is -1.52. The van der Waals surface area contributed by atoms with E-state index in [1.807, 2.05) is 0 Å². The van der Waals surface area contributed by atoms with Gasteiger partial charge in [-0.15, -0.1) is 5.10 Å². The van der Waals surface area contributed by atoms with Crippen molar-refractivity contribution in [2.24, 2.45) is 0 Å². The molecule has 27 heavy (non-hydrogen) atoms. The smallest absolute Gasteiger partial charge is 0.335 e. The van der Waals surface area contributed by atoms with E-state index >= 15 is 0 Å². The summed E-state index contributed by atoms with van der Waals surface area (Å²) in [6, 6.07) is 12.7. The van der Waals surface area contributed by atoms with Gasteiger partial charge in [0.1, 0.15) is 5.69 Å². The lowest BCUT2D eigenvalue weighted by Gasteiger charge is -2.08. The number of ether oxygens (including phenoxy) is 1. The first-order valence-corrected chi connectivity index (χ1v) is 8.21. The van der Waals surface area contributed by atoms with Crippen molar-refractivity contribution in [3.63, 3.8) is 0 Å². The second-order valence-electron chi connectivity index (χ2n) is 5.54. The average Bonchev–Trinajstić information content (AvgIpc) is 3.07. The molecule has 0 radical (unpaired) electrons. The molecule has 2 aromatic carbocycles. The van der Waals surface area contributed by atoms with E-state index in [4.69, 9.17) is 21.4 Å². The number of hydrogen-bond acceptors (Lipinski definition) is 5. The third-order valence-corrected chi connectivity index (χ3v) is 3.97. The van der Waals surface area contributed by atoms with Crippen molar-refractivity contribution in [2.45, 2.75) is 6.61 Å². The Kier molecular flexibility index (Phi) is 5.49. The molecule has 0 aliphatic heterocycles. The van der Waals surface area contributed by atoms with E-state index in [9.17, 15) is 9.59 Å². The highest BCUT2D eigenvalue weighted by Gasteiger charge is 2.21. The zero-order valence-electron chi connectivity index (χ0n) is 14.2. The summed E-state index contributed by atoms with van der Waals surface area (Å²) >= 11 is 5.91. The van der Waals surface area contributed by atoms with Crippen LogP contribution in [0.2, 0.25) is 5.02 Å². The molecule has 9 heteroatoms. The summed E-state index contributed by atoms with van der Waals surface area (Å²) in [5.41, 5.74) is 1.83. The van der Waals surface area contributed by atoms with Gasteiger partial charge in [-0.25, -0.2) is 9.48 Å². The summed E-state index contributed by atoms with van der Waals surface area (Å²) in [6.07, 6.45) is 0. The van der Waals surface area contributed by atoms with Crippen molar-refractivity contribution in [1.82, 2.24) is 15.0 Å². The molecule has 0 aliphatic rings. The summed E-state index contributed by atoms with van der Waals surface area (Å²) in [6.45, 7) is 0.121. The molecule has 0 aliphatic carbocycles. The molecule has 0 saturated carbocycles. The van der Waals surface area contributed by atoms with Crippen LogP contribution in [0.15, 0.2) is 48.5 Å². The Morgan fingerprint density at radius 2 is 1.81 bits per heavy atom. The van der Waals surface area contributed by atoms with Gasteiger partial charge in [-0.2, -0.15) is 0 Å². The number of anilines is 1. The monoisotopic (exact) mass is 386 g/mol. The molecule has 0 unspecified atom stereocenters. The Bertz CT molecular complexity index is 968. The molecule has 2 N–H and O–H groups in total. The Labute approximate surface area is 159 Å². The molecule has 0 bridgehead atoms. The van der Waals surface area contributed by atoms with Gasteiger partial charge in [0.2, 0.25) is 0 Å². The van der Waals surface area contributed by atoms with Crippen LogP contribution in [0.3, 0.4) is 0 Å². The number of methoxy groups -OCH3 is 1. The number of amides is 1. The van der Waals surface area contributed by atoms with Crippen LogP contribution in [0.5, 0.6) is 0 Å². The topological polar surface area (TPSA) is 106 Å². The molecule has 0 spiro atoms. The number of carbonyl (C=O) groups is 2. The number of aromatic carboxylic acids is 1. The number of aromatic nitrogens is 3. The molecule has 1 heterocycles. The molecule has 1 amide bonds. The van der Waals surface area contributed by atoms with Gasteiger partial charge in [-0.1, -0.05) is 16.8 Å². The number of nitrogens with zero attached hydrogens (tertiary/aromatic N) is 3. The fraction of sp³-hybridized carbons (Fsp3) is 0.111. The molecular formula is C18H15ClN4O4. The van der Waals surface area contributed by atoms with Gasteiger partial charge in [0, 0.05) is 17.8 Å². The fourth-order valence-corrected chi connectivity index (χ4v) is 2.55. The van der Waals surface area contributed by atoms with E-state index < -0.39 is 11.9 Å². The quantitative estimate of drug-likeness (QED) is 0.674. The molecule has 0 saturated heterocycles. The van der Waals surface area contributed by atoms with Gasteiger partial charge in [0.15, 0.2) is 5.69 Å². The standard InChI is InChI=1S/C18H15ClN4O4/c1-27-10-15-16(21-22-23(15)14-8-4-12(19)5-9-14)17(24)20-13-6-2-11(3-7-13)18(25)26/h2-9H,10H2,1H3,(H,20,24)(H,25,26). The minimum atomic E-state index is -1.04. The Morgan fingerprint density at radius 1 is 1.15 bits per heavy atom.